The Morgan fingerprint density at radius 3 is 2.81 bits per heavy atom. The summed E-state index contributed by atoms with van der Waals surface area (Å²) in [5, 5.41) is 10.4. The minimum Gasteiger partial charge on any atom is -0.444 e. The molecule has 0 aliphatic rings. The second-order valence-electron chi connectivity index (χ2n) is 6.28. The first kappa shape index (κ1) is 17.5. The Labute approximate surface area is 127 Å². The minimum absolute atomic E-state index is 0.159. The molecule has 0 saturated heterocycles. The van der Waals surface area contributed by atoms with Crippen LogP contribution in [0.15, 0.2) is 12.4 Å². The Bertz CT molecular complexity index is 437. The molecule has 0 radical (unpaired) electrons. The molecule has 0 fully saturated rings. The number of aromatic nitrogens is 2. The van der Waals surface area contributed by atoms with Crippen molar-refractivity contribution >= 4 is 6.09 Å². The quantitative estimate of drug-likeness (QED) is 0.810. The molecule has 0 spiro atoms. The molecule has 0 aromatic carbocycles. The number of hydrogen-bond acceptors (Lipinski definition) is 4. The van der Waals surface area contributed by atoms with Gasteiger partial charge in [-0.25, -0.2) is 4.79 Å². The van der Waals surface area contributed by atoms with Crippen LogP contribution in [-0.2, 0) is 17.8 Å². The molecule has 0 aliphatic heterocycles. The van der Waals surface area contributed by atoms with Crippen LogP contribution in [-0.4, -0.2) is 34.1 Å². The Balaban J connectivity index is 2.24. The third kappa shape index (κ3) is 7.70. The van der Waals surface area contributed by atoms with E-state index in [9.17, 15) is 4.79 Å². The van der Waals surface area contributed by atoms with E-state index >= 15 is 0 Å². The van der Waals surface area contributed by atoms with Crippen molar-refractivity contribution < 1.29 is 9.53 Å². The average Bonchev–Trinajstić information content (AvgIpc) is 2.80. The summed E-state index contributed by atoms with van der Waals surface area (Å²) in [6, 6.07) is 0.159. The largest absolute Gasteiger partial charge is 0.444 e. The number of aryl methyl sites for hydroxylation is 1. The number of carbonyl (C=O) groups excluding carboxylic acids is 1. The van der Waals surface area contributed by atoms with Crippen molar-refractivity contribution in [1.82, 2.24) is 20.4 Å². The molecule has 6 nitrogen and oxygen atoms in total. The Kier molecular flexibility index (Phi) is 6.68. The smallest absolute Gasteiger partial charge is 0.407 e. The standard InChI is InChI=1S/C15H28N4O2/c1-6-7-19-11-13(10-18-19)9-16-12(2)8-17-14(20)21-15(3,4)5/h10-12,16H,6-9H2,1-5H3,(H,17,20). The number of nitrogens with zero attached hydrogens (tertiary/aromatic N) is 2. The van der Waals surface area contributed by atoms with Gasteiger partial charge in [0.1, 0.15) is 5.60 Å². The van der Waals surface area contributed by atoms with Gasteiger partial charge in [0.25, 0.3) is 0 Å². The molecule has 0 bridgehead atoms. The summed E-state index contributed by atoms with van der Waals surface area (Å²) >= 11 is 0. The highest BCUT2D eigenvalue weighted by atomic mass is 16.6. The molecular weight excluding hydrogens is 268 g/mol. The zero-order valence-corrected chi connectivity index (χ0v) is 13.8. The highest BCUT2D eigenvalue weighted by molar-refractivity contribution is 5.67. The highest BCUT2D eigenvalue weighted by Gasteiger charge is 2.16. The van der Waals surface area contributed by atoms with Crippen LogP contribution in [0.25, 0.3) is 0 Å². The highest BCUT2D eigenvalue weighted by Crippen LogP contribution is 2.06. The van der Waals surface area contributed by atoms with Gasteiger partial charge in [0, 0.05) is 37.4 Å². The molecule has 1 unspecified atom stereocenters. The fourth-order valence-corrected chi connectivity index (χ4v) is 1.76. The molecule has 1 atom stereocenters. The predicted molar refractivity (Wildman–Crippen MR) is 83.1 cm³/mol. The monoisotopic (exact) mass is 296 g/mol. The second-order valence-corrected chi connectivity index (χ2v) is 6.28. The van der Waals surface area contributed by atoms with Gasteiger partial charge < -0.3 is 15.4 Å². The van der Waals surface area contributed by atoms with Crippen LogP contribution in [0.4, 0.5) is 4.79 Å². The Hall–Kier alpha value is -1.56. The molecule has 1 aromatic rings. The second kappa shape index (κ2) is 8.02. The van der Waals surface area contributed by atoms with E-state index in [1.54, 1.807) is 0 Å². The normalized spacial score (nSPS) is 13.0. The van der Waals surface area contributed by atoms with E-state index in [1.807, 2.05) is 44.8 Å². The molecule has 1 amide bonds. The zero-order chi connectivity index (χ0) is 15.9. The van der Waals surface area contributed by atoms with Gasteiger partial charge >= 0.3 is 6.09 Å². The van der Waals surface area contributed by atoms with Crippen LogP contribution in [0.1, 0.15) is 46.6 Å². The lowest BCUT2D eigenvalue weighted by molar-refractivity contribution is 0.0523. The lowest BCUT2D eigenvalue weighted by atomic mass is 10.2. The SMILES string of the molecule is CCCn1cc(CNC(C)CNC(=O)OC(C)(C)C)cn1. The van der Waals surface area contributed by atoms with E-state index in [2.05, 4.69) is 22.7 Å². The van der Waals surface area contributed by atoms with Gasteiger partial charge in [0.15, 0.2) is 0 Å². The van der Waals surface area contributed by atoms with Gasteiger partial charge in [-0.15, -0.1) is 0 Å². The first-order chi connectivity index (χ1) is 9.80. The minimum atomic E-state index is -0.464. The van der Waals surface area contributed by atoms with E-state index < -0.39 is 5.60 Å². The lowest BCUT2D eigenvalue weighted by Crippen LogP contribution is -2.40. The maximum absolute atomic E-state index is 11.5. The molecule has 0 saturated carbocycles. The topological polar surface area (TPSA) is 68.2 Å². The van der Waals surface area contributed by atoms with Crippen molar-refractivity contribution in [2.24, 2.45) is 0 Å². The molecule has 0 aliphatic carbocycles. The zero-order valence-electron chi connectivity index (χ0n) is 13.8. The number of ether oxygens (including phenoxy) is 1. The maximum Gasteiger partial charge on any atom is 0.407 e. The van der Waals surface area contributed by atoms with Crippen LogP contribution in [0, 0.1) is 0 Å². The van der Waals surface area contributed by atoms with Crippen LogP contribution in [0.5, 0.6) is 0 Å². The maximum atomic E-state index is 11.5. The molecule has 6 heteroatoms. The van der Waals surface area contributed by atoms with Crippen molar-refractivity contribution in [2.75, 3.05) is 6.54 Å². The van der Waals surface area contributed by atoms with Gasteiger partial charge in [-0.3, -0.25) is 4.68 Å². The van der Waals surface area contributed by atoms with Gasteiger partial charge in [-0.1, -0.05) is 6.92 Å². The number of nitrogens with one attached hydrogen (secondary N) is 2. The van der Waals surface area contributed by atoms with E-state index in [4.69, 9.17) is 4.74 Å². The summed E-state index contributed by atoms with van der Waals surface area (Å²) in [5.41, 5.74) is 0.682. The van der Waals surface area contributed by atoms with E-state index in [0.717, 1.165) is 25.1 Å². The molecule has 2 N–H and O–H groups in total. The summed E-state index contributed by atoms with van der Waals surface area (Å²) in [7, 11) is 0. The number of alkyl carbamates (subject to hydrolysis) is 1. The molecule has 1 aromatic heterocycles. The summed E-state index contributed by atoms with van der Waals surface area (Å²) < 4.78 is 7.14. The van der Waals surface area contributed by atoms with E-state index in [0.29, 0.717) is 6.54 Å². The first-order valence-corrected chi connectivity index (χ1v) is 7.51. The summed E-state index contributed by atoms with van der Waals surface area (Å²) in [4.78, 5) is 11.5. The van der Waals surface area contributed by atoms with Crippen LogP contribution >= 0.6 is 0 Å². The molecule has 21 heavy (non-hydrogen) atoms. The number of hydrogen-bond donors (Lipinski definition) is 2. The molecular formula is C15H28N4O2. The fraction of sp³-hybridized carbons (Fsp3) is 0.733. The van der Waals surface area contributed by atoms with Crippen molar-refractivity contribution in [1.29, 1.82) is 0 Å². The van der Waals surface area contributed by atoms with Gasteiger partial charge in [0.2, 0.25) is 0 Å². The first-order valence-electron chi connectivity index (χ1n) is 7.51. The van der Waals surface area contributed by atoms with Crippen molar-refractivity contribution in [2.45, 2.75) is 65.8 Å². The number of carbonyl (C=O) groups is 1. The number of amides is 1. The van der Waals surface area contributed by atoms with E-state index in [-0.39, 0.29) is 12.1 Å². The third-order valence-corrected chi connectivity index (χ3v) is 2.75. The van der Waals surface area contributed by atoms with Crippen molar-refractivity contribution in [3.8, 4) is 0 Å². The summed E-state index contributed by atoms with van der Waals surface area (Å²) in [6.07, 6.45) is 4.61. The number of rotatable bonds is 7. The fourth-order valence-electron chi connectivity index (χ4n) is 1.76. The molecule has 1 rings (SSSR count). The van der Waals surface area contributed by atoms with Crippen molar-refractivity contribution in [3.05, 3.63) is 18.0 Å². The molecule has 120 valence electrons. The summed E-state index contributed by atoms with van der Waals surface area (Å²) in [5.74, 6) is 0. The van der Waals surface area contributed by atoms with Gasteiger partial charge in [0.05, 0.1) is 6.20 Å². The average molecular weight is 296 g/mol. The van der Waals surface area contributed by atoms with Crippen LogP contribution in [0.3, 0.4) is 0 Å². The summed E-state index contributed by atoms with van der Waals surface area (Å²) in [6.45, 7) is 11.9. The molecule has 1 heterocycles. The Morgan fingerprint density at radius 1 is 1.48 bits per heavy atom. The third-order valence-electron chi connectivity index (χ3n) is 2.75. The van der Waals surface area contributed by atoms with Crippen molar-refractivity contribution in [3.63, 3.8) is 0 Å². The predicted octanol–water partition coefficient (Wildman–Crippen LogP) is 2.30. The van der Waals surface area contributed by atoms with Crippen LogP contribution in [0.2, 0.25) is 0 Å². The van der Waals surface area contributed by atoms with Gasteiger partial charge in [-0.05, 0) is 34.1 Å². The van der Waals surface area contributed by atoms with Gasteiger partial charge in [-0.2, -0.15) is 5.10 Å². The lowest BCUT2D eigenvalue weighted by Gasteiger charge is -2.21. The van der Waals surface area contributed by atoms with Crippen LogP contribution < -0.4 is 10.6 Å². The van der Waals surface area contributed by atoms with E-state index in [1.165, 1.54) is 0 Å². The Morgan fingerprint density at radius 2 is 2.19 bits per heavy atom.